The molecule has 1 amide bonds. The summed E-state index contributed by atoms with van der Waals surface area (Å²) in [5.41, 5.74) is 2.38. The van der Waals surface area contributed by atoms with Crippen LogP contribution in [0.5, 0.6) is 5.75 Å². The molecule has 11 atom stereocenters. The third-order valence-electron chi connectivity index (χ3n) is 10.9. The summed E-state index contributed by atoms with van der Waals surface area (Å²) in [4.78, 5) is 25.8. The molecule has 5 rings (SSSR count). The SMILES string of the molecule is COC(=O)[C@@]1(OC[C@H]2O[C@@H](OCC[Si](C)(C)C)[C@H](OCc3ccc(OC)cc3)[C@@H](OCc3ccccc3)[C@@H]2OCc2ccccc2)C[C@H](O)[C@@H](NC(=O)C(F)(F)F)[C@H]([C@H](O)[C@H](O)CO)O1. The van der Waals surface area contributed by atoms with E-state index in [9.17, 15) is 43.2 Å². The minimum atomic E-state index is -5.44. The van der Waals surface area contributed by atoms with Gasteiger partial charge in [0.25, 0.3) is 5.79 Å². The van der Waals surface area contributed by atoms with Crippen LogP contribution in [0.4, 0.5) is 13.2 Å². The van der Waals surface area contributed by atoms with Gasteiger partial charge in [-0.2, -0.15) is 13.2 Å². The Labute approximate surface area is 376 Å². The number of halogens is 3. The molecule has 20 heteroatoms. The summed E-state index contributed by atoms with van der Waals surface area (Å²) in [5.74, 6) is -5.87. The summed E-state index contributed by atoms with van der Waals surface area (Å²) < 4.78 is 96.0. The first-order chi connectivity index (χ1) is 30.9. The van der Waals surface area contributed by atoms with Crippen molar-refractivity contribution in [1.29, 1.82) is 0 Å². The number of amides is 1. The van der Waals surface area contributed by atoms with E-state index in [0.29, 0.717) is 5.75 Å². The maximum Gasteiger partial charge on any atom is 0.471 e. The molecule has 16 nitrogen and oxygen atoms in total. The van der Waals surface area contributed by atoms with Crippen molar-refractivity contribution in [2.45, 2.75) is 125 Å². The van der Waals surface area contributed by atoms with Crippen molar-refractivity contribution in [3.05, 3.63) is 102 Å². The second-order valence-electron chi connectivity index (χ2n) is 17.0. The number of benzene rings is 3. The average molecular weight is 940 g/mol. The Morgan fingerprint density at radius 2 is 1.38 bits per heavy atom. The molecule has 3 aromatic rings. The van der Waals surface area contributed by atoms with E-state index in [0.717, 1.165) is 29.8 Å². The van der Waals surface area contributed by atoms with Crippen molar-refractivity contribution in [1.82, 2.24) is 5.32 Å². The lowest BCUT2D eigenvalue weighted by Crippen LogP contribution is -2.69. The van der Waals surface area contributed by atoms with Crippen LogP contribution in [0.15, 0.2) is 84.9 Å². The zero-order valence-corrected chi connectivity index (χ0v) is 37.9. The third-order valence-corrected chi connectivity index (χ3v) is 12.6. The highest BCUT2D eigenvalue weighted by Crippen LogP contribution is 2.38. The van der Waals surface area contributed by atoms with Crippen LogP contribution in [-0.4, -0.2) is 148 Å². The first-order valence-corrected chi connectivity index (χ1v) is 24.8. The second-order valence-corrected chi connectivity index (χ2v) is 22.6. The molecule has 2 aliphatic rings. The Hall–Kier alpha value is -4.03. The highest BCUT2D eigenvalue weighted by molar-refractivity contribution is 6.76. The van der Waals surface area contributed by atoms with E-state index in [1.165, 1.54) is 0 Å². The van der Waals surface area contributed by atoms with Crippen molar-refractivity contribution < 1.29 is 85.8 Å². The molecular weight excluding hydrogens is 880 g/mol. The molecule has 0 bridgehead atoms. The number of nitrogens with one attached hydrogen (secondary N) is 1. The van der Waals surface area contributed by atoms with Gasteiger partial charge in [-0.3, -0.25) is 4.79 Å². The fraction of sp³-hybridized carbons (Fsp3) is 0.556. The van der Waals surface area contributed by atoms with Gasteiger partial charge in [-0.05, 0) is 34.9 Å². The van der Waals surface area contributed by atoms with Crippen LogP contribution in [0.2, 0.25) is 25.7 Å². The Balaban J connectivity index is 1.55. The molecule has 65 heavy (non-hydrogen) atoms. The van der Waals surface area contributed by atoms with Crippen LogP contribution in [0.25, 0.3) is 0 Å². The summed E-state index contributed by atoms with van der Waals surface area (Å²) >= 11 is 0. The van der Waals surface area contributed by atoms with Crippen molar-refractivity contribution in [3.63, 3.8) is 0 Å². The van der Waals surface area contributed by atoms with Crippen LogP contribution < -0.4 is 10.1 Å². The molecule has 5 N–H and O–H groups in total. The molecule has 0 spiro atoms. The fourth-order valence-corrected chi connectivity index (χ4v) is 8.01. The lowest BCUT2D eigenvalue weighted by molar-refractivity contribution is -0.350. The van der Waals surface area contributed by atoms with E-state index in [-0.39, 0.29) is 26.4 Å². The van der Waals surface area contributed by atoms with Gasteiger partial charge in [-0.15, -0.1) is 0 Å². The van der Waals surface area contributed by atoms with E-state index in [1.807, 2.05) is 72.8 Å². The fourth-order valence-electron chi connectivity index (χ4n) is 7.28. The number of aliphatic hydroxyl groups is 4. The molecule has 2 fully saturated rings. The van der Waals surface area contributed by atoms with E-state index in [4.69, 9.17) is 42.6 Å². The number of methoxy groups -OCH3 is 2. The van der Waals surface area contributed by atoms with E-state index < -0.39 is 113 Å². The molecule has 2 saturated heterocycles. The standard InChI is InChI=1S/C45H60F3NO15Si/c1-56-31-18-16-30(17-19-31)26-61-40-39(60-25-29-14-10-7-11-15-29)37(59-24-28-12-8-6-9-13-28)34(63-41(40)58-20-21-65(3,4)5)27-62-44(43(55)57-2)22-32(51)35(49-42(54)45(46,47)48)38(64-44)36(53)33(52)23-50/h6-19,32-41,50-53H,20-27H2,1-5H3,(H,49,54)/t32-,33+,34+,35+,36+,37+,38+,39-,40+,41+,44+/m0/s1. The molecular formula is C45H60F3NO15Si. The molecule has 2 aliphatic heterocycles. The predicted octanol–water partition coefficient (Wildman–Crippen LogP) is 3.63. The lowest BCUT2D eigenvalue weighted by atomic mass is 9.88. The van der Waals surface area contributed by atoms with Gasteiger partial charge in [-0.1, -0.05) is 92.4 Å². The number of carbonyl (C=O) groups excluding carboxylic acids is 2. The van der Waals surface area contributed by atoms with E-state index in [1.54, 1.807) is 24.6 Å². The Kier molecular flexibility index (Phi) is 18.9. The normalized spacial score (nSPS) is 27.1. The maximum atomic E-state index is 13.7. The lowest BCUT2D eigenvalue weighted by Gasteiger charge is -2.49. The average Bonchev–Trinajstić information content (AvgIpc) is 3.29. The smallest absolute Gasteiger partial charge is 0.471 e. The molecule has 3 aromatic carbocycles. The van der Waals surface area contributed by atoms with E-state index in [2.05, 4.69) is 19.6 Å². The van der Waals surface area contributed by atoms with Gasteiger partial charge < -0.3 is 68.4 Å². The zero-order valence-electron chi connectivity index (χ0n) is 36.9. The first-order valence-electron chi connectivity index (χ1n) is 21.1. The van der Waals surface area contributed by atoms with Crippen LogP contribution in [0.3, 0.4) is 0 Å². The van der Waals surface area contributed by atoms with Crippen LogP contribution in [0.1, 0.15) is 23.1 Å². The first kappa shape index (κ1) is 51.9. The third kappa shape index (κ3) is 14.5. The maximum absolute atomic E-state index is 13.7. The number of aliphatic hydroxyl groups excluding tert-OH is 4. The number of ether oxygens (including phenoxy) is 9. The predicted molar refractivity (Wildman–Crippen MR) is 228 cm³/mol. The quantitative estimate of drug-likeness (QED) is 0.0720. The second kappa shape index (κ2) is 23.6. The summed E-state index contributed by atoms with van der Waals surface area (Å²) in [6, 6.07) is 24.5. The molecule has 0 saturated carbocycles. The molecule has 0 radical (unpaired) electrons. The summed E-state index contributed by atoms with van der Waals surface area (Å²) in [6.07, 6.45) is -20.4. The van der Waals surface area contributed by atoms with Gasteiger partial charge in [0.15, 0.2) is 6.29 Å². The van der Waals surface area contributed by atoms with Gasteiger partial charge in [-0.25, -0.2) is 4.79 Å². The van der Waals surface area contributed by atoms with Gasteiger partial charge in [0.1, 0.15) is 48.5 Å². The number of hydrogen-bond acceptors (Lipinski definition) is 15. The number of carbonyl (C=O) groups is 2. The van der Waals surface area contributed by atoms with Gasteiger partial charge >= 0.3 is 18.1 Å². The minimum Gasteiger partial charge on any atom is -0.497 e. The molecule has 0 unspecified atom stereocenters. The molecule has 0 aromatic heterocycles. The van der Waals surface area contributed by atoms with Gasteiger partial charge in [0.2, 0.25) is 0 Å². The van der Waals surface area contributed by atoms with Crippen molar-refractivity contribution in [3.8, 4) is 5.75 Å². The van der Waals surface area contributed by atoms with Crippen molar-refractivity contribution in [2.24, 2.45) is 0 Å². The van der Waals surface area contributed by atoms with E-state index >= 15 is 0 Å². The Bertz CT molecular complexity index is 1910. The number of alkyl halides is 3. The van der Waals surface area contributed by atoms with Gasteiger partial charge in [0, 0.05) is 21.1 Å². The Morgan fingerprint density at radius 3 is 1.91 bits per heavy atom. The summed E-state index contributed by atoms with van der Waals surface area (Å²) in [5, 5.41) is 44.0. The largest absolute Gasteiger partial charge is 0.497 e. The monoisotopic (exact) mass is 939 g/mol. The highest BCUT2D eigenvalue weighted by atomic mass is 28.3. The van der Waals surface area contributed by atoms with Crippen LogP contribution >= 0.6 is 0 Å². The zero-order chi connectivity index (χ0) is 47.4. The van der Waals surface area contributed by atoms with Crippen molar-refractivity contribution in [2.75, 3.05) is 34.0 Å². The molecule has 0 aliphatic carbocycles. The Morgan fingerprint density at radius 1 is 0.831 bits per heavy atom. The summed E-state index contributed by atoms with van der Waals surface area (Å²) in [6.45, 7) is 5.23. The molecule has 360 valence electrons. The summed E-state index contributed by atoms with van der Waals surface area (Å²) in [7, 11) is 0.844. The number of rotatable bonds is 22. The minimum absolute atomic E-state index is 0.0220. The van der Waals surface area contributed by atoms with Crippen LogP contribution in [0, 0.1) is 0 Å². The highest BCUT2D eigenvalue weighted by Gasteiger charge is 2.59. The molecule has 2 heterocycles. The topological polar surface area (TPSA) is 210 Å². The number of hydrogen-bond donors (Lipinski definition) is 5. The number of esters is 1. The van der Waals surface area contributed by atoms with Gasteiger partial charge in [0.05, 0.1) is 59.4 Å². The van der Waals surface area contributed by atoms with Crippen molar-refractivity contribution >= 4 is 20.0 Å². The van der Waals surface area contributed by atoms with Crippen LogP contribution in [-0.2, 0) is 67.3 Å².